The van der Waals surface area contributed by atoms with Crippen LogP contribution in [0.5, 0.6) is 5.75 Å². The van der Waals surface area contributed by atoms with Crippen molar-refractivity contribution in [2.24, 2.45) is 0 Å². The largest absolute Gasteiger partial charge is 0.482 e. The van der Waals surface area contributed by atoms with Crippen LogP contribution in [0.25, 0.3) is 0 Å². The van der Waals surface area contributed by atoms with Crippen LogP contribution in [-0.4, -0.2) is 35.4 Å². The van der Waals surface area contributed by atoms with Crippen molar-refractivity contribution in [3.63, 3.8) is 0 Å². The molecule has 0 aliphatic heterocycles. The Balaban J connectivity index is 2.01. The van der Waals surface area contributed by atoms with Gasteiger partial charge in [0.1, 0.15) is 18.1 Å². The molecule has 0 saturated heterocycles. The predicted octanol–water partition coefficient (Wildman–Crippen LogP) is 4.12. The summed E-state index contributed by atoms with van der Waals surface area (Å²) in [7, 11) is 0. The SMILES string of the molecule is CC(C)(C)N(CC(=O)Nc1ccc(F)cc1)C(=O)COc1ccccc1Cl. The summed E-state index contributed by atoms with van der Waals surface area (Å²) in [6.07, 6.45) is 0. The smallest absolute Gasteiger partial charge is 0.261 e. The number of nitrogens with one attached hydrogen (secondary N) is 1. The maximum Gasteiger partial charge on any atom is 0.261 e. The van der Waals surface area contributed by atoms with E-state index < -0.39 is 11.4 Å². The number of nitrogens with zero attached hydrogens (tertiary/aromatic N) is 1. The number of ether oxygens (including phenoxy) is 1. The molecule has 7 heteroatoms. The van der Waals surface area contributed by atoms with Crippen LogP contribution in [0.1, 0.15) is 20.8 Å². The highest BCUT2D eigenvalue weighted by Gasteiger charge is 2.29. The van der Waals surface area contributed by atoms with E-state index in [-0.39, 0.29) is 25.0 Å². The summed E-state index contributed by atoms with van der Waals surface area (Å²) >= 11 is 6.02. The maximum atomic E-state index is 13.0. The number of halogens is 2. The minimum atomic E-state index is -0.596. The van der Waals surface area contributed by atoms with Gasteiger partial charge in [0.15, 0.2) is 6.61 Å². The van der Waals surface area contributed by atoms with Gasteiger partial charge in [-0.25, -0.2) is 4.39 Å². The number of carbonyl (C=O) groups excluding carboxylic acids is 2. The Kier molecular flexibility index (Phi) is 6.80. The van der Waals surface area contributed by atoms with E-state index in [1.165, 1.54) is 29.2 Å². The zero-order valence-corrected chi connectivity index (χ0v) is 16.2. The first-order valence-electron chi connectivity index (χ1n) is 8.40. The third-order valence-electron chi connectivity index (χ3n) is 3.73. The molecule has 0 unspecified atom stereocenters. The minimum absolute atomic E-state index is 0.161. The molecule has 5 nitrogen and oxygen atoms in total. The van der Waals surface area contributed by atoms with Gasteiger partial charge < -0.3 is 15.0 Å². The number of benzene rings is 2. The number of para-hydroxylation sites is 1. The van der Waals surface area contributed by atoms with Crippen molar-refractivity contribution >= 4 is 29.1 Å². The lowest BCUT2D eigenvalue weighted by atomic mass is 10.1. The molecule has 0 aliphatic rings. The summed E-state index contributed by atoms with van der Waals surface area (Å²) in [6, 6.07) is 12.3. The molecule has 0 aromatic heterocycles. The minimum Gasteiger partial charge on any atom is -0.482 e. The van der Waals surface area contributed by atoms with E-state index in [9.17, 15) is 14.0 Å². The molecule has 0 saturated carbocycles. The molecule has 0 atom stereocenters. The van der Waals surface area contributed by atoms with Gasteiger partial charge in [0.25, 0.3) is 5.91 Å². The summed E-state index contributed by atoms with van der Waals surface area (Å²) in [5, 5.41) is 3.05. The van der Waals surface area contributed by atoms with Gasteiger partial charge in [-0.05, 0) is 57.2 Å². The number of amides is 2. The molecule has 0 bridgehead atoms. The highest BCUT2D eigenvalue weighted by atomic mass is 35.5. The molecule has 27 heavy (non-hydrogen) atoms. The van der Waals surface area contributed by atoms with Crippen molar-refractivity contribution < 1.29 is 18.7 Å². The quantitative estimate of drug-likeness (QED) is 0.804. The van der Waals surface area contributed by atoms with Gasteiger partial charge in [0.2, 0.25) is 5.91 Å². The van der Waals surface area contributed by atoms with Gasteiger partial charge in [-0.1, -0.05) is 23.7 Å². The summed E-state index contributed by atoms with van der Waals surface area (Å²) in [6.45, 7) is 5.07. The monoisotopic (exact) mass is 392 g/mol. The van der Waals surface area contributed by atoms with Crippen LogP contribution in [-0.2, 0) is 9.59 Å². The Morgan fingerprint density at radius 2 is 1.74 bits per heavy atom. The molecule has 2 aromatic carbocycles. The number of hydrogen-bond donors (Lipinski definition) is 1. The fraction of sp³-hybridized carbons (Fsp3) is 0.300. The number of hydrogen-bond acceptors (Lipinski definition) is 3. The predicted molar refractivity (Wildman–Crippen MR) is 103 cm³/mol. The third kappa shape index (κ3) is 6.25. The van der Waals surface area contributed by atoms with Gasteiger partial charge in [-0.15, -0.1) is 0 Å². The Labute approximate surface area is 163 Å². The molecule has 0 fully saturated rings. The molecule has 2 rings (SSSR count). The van der Waals surface area contributed by atoms with E-state index in [0.717, 1.165) is 0 Å². The molecule has 0 spiro atoms. The van der Waals surface area contributed by atoms with E-state index in [1.54, 1.807) is 24.3 Å². The molecule has 0 radical (unpaired) electrons. The number of anilines is 1. The van der Waals surface area contributed by atoms with Gasteiger partial charge >= 0.3 is 0 Å². The van der Waals surface area contributed by atoms with Crippen molar-refractivity contribution in [2.45, 2.75) is 26.3 Å². The molecule has 144 valence electrons. The van der Waals surface area contributed by atoms with E-state index in [0.29, 0.717) is 16.5 Å². The second-order valence-electron chi connectivity index (χ2n) is 6.92. The molecule has 2 amide bonds. The van der Waals surface area contributed by atoms with Gasteiger partial charge in [-0.3, -0.25) is 9.59 Å². The van der Waals surface area contributed by atoms with Crippen molar-refractivity contribution in [3.8, 4) is 5.75 Å². The second kappa shape index (κ2) is 8.86. The van der Waals surface area contributed by atoms with E-state index in [2.05, 4.69) is 5.32 Å². The van der Waals surface area contributed by atoms with Crippen LogP contribution in [0.2, 0.25) is 5.02 Å². The van der Waals surface area contributed by atoms with Gasteiger partial charge in [-0.2, -0.15) is 0 Å². The average molecular weight is 393 g/mol. The summed E-state index contributed by atoms with van der Waals surface area (Å²) in [4.78, 5) is 26.4. The zero-order valence-electron chi connectivity index (χ0n) is 15.5. The fourth-order valence-corrected chi connectivity index (χ4v) is 2.55. The average Bonchev–Trinajstić information content (AvgIpc) is 2.60. The Hall–Kier alpha value is -2.60. The van der Waals surface area contributed by atoms with Crippen molar-refractivity contribution in [1.29, 1.82) is 0 Å². The molecular formula is C20H22ClFN2O3. The van der Waals surface area contributed by atoms with Crippen LogP contribution >= 0.6 is 11.6 Å². The first kappa shape index (κ1) is 20.7. The summed E-state index contributed by atoms with van der Waals surface area (Å²) in [5.74, 6) is -0.729. The highest BCUT2D eigenvalue weighted by molar-refractivity contribution is 6.32. The Morgan fingerprint density at radius 3 is 2.33 bits per heavy atom. The summed E-state index contributed by atoms with van der Waals surface area (Å²) in [5.41, 5.74) is -0.142. The zero-order chi connectivity index (χ0) is 20.0. The Morgan fingerprint density at radius 1 is 1.11 bits per heavy atom. The lowest BCUT2D eigenvalue weighted by molar-refractivity contribution is -0.141. The van der Waals surface area contributed by atoms with Crippen LogP contribution in [0.3, 0.4) is 0 Å². The topological polar surface area (TPSA) is 58.6 Å². The first-order valence-corrected chi connectivity index (χ1v) is 8.78. The van der Waals surface area contributed by atoms with Crippen LogP contribution in [0.4, 0.5) is 10.1 Å². The van der Waals surface area contributed by atoms with Crippen LogP contribution < -0.4 is 10.1 Å². The van der Waals surface area contributed by atoms with Crippen molar-refractivity contribution in [3.05, 3.63) is 59.4 Å². The van der Waals surface area contributed by atoms with Crippen LogP contribution in [0.15, 0.2) is 48.5 Å². The second-order valence-corrected chi connectivity index (χ2v) is 7.33. The normalized spacial score (nSPS) is 11.0. The fourth-order valence-electron chi connectivity index (χ4n) is 2.36. The third-order valence-corrected chi connectivity index (χ3v) is 4.04. The Bertz CT molecular complexity index is 804. The van der Waals surface area contributed by atoms with Gasteiger partial charge in [0, 0.05) is 11.2 Å². The molecule has 0 heterocycles. The maximum absolute atomic E-state index is 13.0. The van der Waals surface area contributed by atoms with Crippen molar-refractivity contribution in [2.75, 3.05) is 18.5 Å². The molecule has 1 N–H and O–H groups in total. The lowest BCUT2D eigenvalue weighted by Gasteiger charge is -2.35. The van der Waals surface area contributed by atoms with E-state index in [4.69, 9.17) is 16.3 Å². The molecular weight excluding hydrogens is 371 g/mol. The standard InChI is InChI=1S/C20H22ClFN2O3/c1-20(2,3)24(12-18(25)23-15-10-8-14(22)9-11-15)19(26)13-27-17-7-5-4-6-16(17)21/h4-11H,12-13H2,1-3H3,(H,23,25). The molecule has 2 aromatic rings. The van der Waals surface area contributed by atoms with Crippen molar-refractivity contribution in [1.82, 2.24) is 4.90 Å². The van der Waals surface area contributed by atoms with Crippen LogP contribution in [0, 0.1) is 5.82 Å². The first-order chi connectivity index (χ1) is 12.7. The van der Waals surface area contributed by atoms with E-state index >= 15 is 0 Å². The number of carbonyl (C=O) groups is 2. The van der Waals surface area contributed by atoms with Gasteiger partial charge in [0.05, 0.1) is 5.02 Å². The summed E-state index contributed by atoms with van der Waals surface area (Å²) < 4.78 is 18.5. The highest BCUT2D eigenvalue weighted by Crippen LogP contribution is 2.23. The van der Waals surface area contributed by atoms with E-state index in [1.807, 2.05) is 20.8 Å². The number of rotatable bonds is 6. The molecule has 0 aliphatic carbocycles. The lowest BCUT2D eigenvalue weighted by Crippen LogP contribution is -2.51.